The van der Waals surface area contributed by atoms with Gasteiger partial charge in [0.15, 0.2) is 12.2 Å². The first-order valence-electron chi connectivity index (χ1n) is 40.6. The summed E-state index contributed by atoms with van der Waals surface area (Å²) >= 11 is 0. The zero-order valence-corrected chi connectivity index (χ0v) is 65.0. The number of carbonyl (C=O) groups excluding carboxylic acids is 4. The number of hydrogen-bond donors (Lipinski definition) is 3. The summed E-state index contributed by atoms with van der Waals surface area (Å²) in [6, 6.07) is 0. The van der Waals surface area contributed by atoms with Gasteiger partial charge >= 0.3 is 39.5 Å². The van der Waals surface area contributed by atoms with E-state index in [-0.39, 0.29) is 25.7 Å². The molecule has 2 unspecified atom stereocenters. The molecule has 0 aliphatic rings. The van der Waals surface area contributed by atoms with E-state index in [2.05, 4.69) is 34.6 Å². The Hall–Kier alpha value is -1.94. The van der Waals surface area contributed by atoms with Crippen molar-refractivity contribution in [2.24, 2.45) is 5.92 Å². The second kappa shape index (κ2) is 71.1. The third kappa shape index (κ3) is 72.2. The highest BCUT2D eigenvalue weighted by molar-refractivity contribution is 7.47. The lowest BCUT2D eigenvalue weighted by atomic mass is 10.0. The predicted octanol–water partition coefficient (Wildman–Crippen LogP) is 23.3. The maximum atomic E-state index is 13.1. The fourth-order valence-corrected chi connectivity index (χ4v) is 13.6. The maximum Gasteiger partial charge on any atom is 0.472 e. The van der Waals surface area contributed by atoms with Gasteiger partial charge in [-0.3, -0.25) is 37.3 Å². The first kappa shape index (κ1) is 95.1. The van der Waals surface area contributed by atoms with Gasteiger partial charge in [0.1, 0.15) is 19.3 Å². The van der Waals surface area contributed by atoms with Crippen molar-refractivity contribution < 1.29 is 80.2 Å². The van der Waals surface area contributed by atoms with Crippen LogP contribution in [-0.2, 0) is 65.4 Å². The molecule has 0 heterocycles. The van der Waals surface area contributed by atoms with Gasteiger partial charge < -0.3 is 33.8 Å². The van der Waals surface area contributed by atoms with Crippen molar-refractivity contribution in [3.8, 4) is 0 Å². The number of carbonyl (C=O) groups is 4. The van der Waals surface area contributed by atoms with Gasteiger partial charge in [0, 0.05) is 25.7 Å². The Bertz CT molecular complexity index is 1860. The topological polar surface area (TPSA) is 237 Å². The molecule has 0 rings (SSSR count). The Balaban J connectivity index is 5.15. The van der Waals surface area contributed by atoms with E-state index in [4.69, 9.17) is 37.0 Å². The summed E-state index contributed by atoms with van der Waals surface area (Å²) in [4.78, 5) is 72.7. The quantitative estimate of drug-likeness (QED) is 0.0222. The van der Waals surface area contributed by atoms with Crippen LogP contribution in [0.3, 0.4) is 0 Å². The molecule has 17 nitrogen and oxygen atoms in total. The molecule has 97 heavy (non-hydrogen) atoms. The molecule has 0 saturated heterocycles. The minimum absolute atomic E-state index is 0.105. The van der Waals surface area contributed by atoms with Gasteiger partial charge in [0.25, 0.3) is 0 Å². The molecule has 19 heteroatoms. The van der Waals surface area contributed by atoms with Crippen molar-refractivity contribution in [2.45, 2.75) is 432 Å². The summed E-state index contributed by atoms with van der Waals surface area (Å²) in [6.45, 7) is 7.23. The number of esters is 4. The maximum absolute atomic E-state index is 13.1. The highest BCUT2D eigenvalue weighted by Gasteiger charge is 2.30. The molecular formula is C78H152O17P2. The fourth-order valence-electron chi connectivity index (χ4n) is 12.1. The van der Waals surface area contributed by atoms with Gasteiger partial charge in [-0.05, 0) is 31.6 Å². The second-order valence-corrected chi connectivity index (χ2v) is 31.5. The first-order valence-corrected chi connectivity index (χ1v) is 43.6. The molecule has 0 bridgehead atoms. The van der Waals surface area contributed by atoms with Crippen molar-refractivity contribution in [1.82, 2.24) is 0 Å². The van der Waals surface area contributed by atoms with E-state index in [0.717, 1.165) is 109 Å². The van der Waals surface area contributed by atoms with E-state index < -0.39 is 97.5 Å². The number of phosphoric acid groups is 2. The largest absolute Gasteiger partial charge is 0.472 e. The lowest BCUT2D eigenvalue weighted by Crippen LogP contribution is -2.30. The van der Waals surface area contributed by atoms with Crippen molar-refractivity contribution in [3.63, 3.8) is 0 Å². The average molecular weight is 1420 g/mol. The zero-order valence-electron chi connectivity index (χ0n) is 63.2. The Morgan fingerprint density at radius 2 is 0.474 bits per heavy atom. The molecule has 0 aliphatic carbocycles. The number of ether oxygens (including phenoxy) is 4. The normalized spacial score (nSPS) is 13.9. The summed E-state index contributed by atoms with van der Waals surface area (Å²) < 4.78 is 68.5. The van der Waals surface area contributed by atoms with Crippen LogP contribution < -0.4 is 0 Å². The summed E-state index contributed by atoms with van der Waals surface area (Å²) in [7, 11) is -9.91. The summed E-state index contributed by atoms with van der Waals surface area (Å²) in [5.74, 6) is -1.38. The van der Waals surface area contributed by atoms with Gasteiger partial charge in [-0.2, -0.15) is 0 Å². The molecular weight excluding hydrogens is 1270 g/mol. The third-order valence-corrected chi connectivity index (χ3v) is 20.2. The standard InChI is InChI=1S/C78H152O17P2/c1-6-9-12-15-18-20-22-24-26-28-29-30-31-32-33-35-37-39-43-48-53-58-63-77(82)95-74(68-89-76(81)62-57-52-47-42-38-36-34-27-25-23-21-19-16-13-10-7-2)70-93-97(86,87)91-66-72(79)65-90-96(84,85)92-69-73(67-88-75(80)61-56-51-45-17-14-11-8-3)94-78(83)64-59-54-49-44-40-41-46-50-55-60-71(4)5/h71-74,79H,6-70H2,1-5H3,(H,84,85)(H,86,87)/t72-,73+,74+/m0/s1. The molecule has 0 aromatic carbocycles. The fraction of sp³-hybridized carbons (Fsp3) is 0.949. The molecule has 0 fully saturated rings. The van der Waals surface area contributed by atoms with E-state index in [1.807, 2.05) is 0 Å². The average Bonchev–Trinajstić information content (AvgIpc) is 1.65. The Kier molecular flexibility index (Phi) is 69.6. The van der Waals surface area contributed by atoms with Gasteiger partial charge in [0.05, 0.1) is 26.4 Å². The van der Waals surface area contributed by atoms with Crippen molar-refractivity contribution in [1.29, 1.82) is 0 Å². The number of unbranched alkanes of at least 4 members (excludes halogenated alkanes) is 50. The lowest BCUT2D eigenvalue weighted by Gasteiger charge is -2.21. The summed E-state index contributed by atoms with van der Waals surface area (Å²) in [5.41, 5.74) is 0. The molecule has 0 radical (unpaired) electrons. The van der Waals surface area contributed by atoms with Crippen molar-refractivity contribution >= 4 is 39.5 Å². The van der Waals surface area contributed by atoms with Gasteiger partial charge in [-0.25, -0.2) is 9.13 Å². The monoisotopic (exact) mass is 1420 g/mol. The SMILES string of the molecule is CCCCCCCCCCCCCCCCCCCCCCCCC(=O)O[C@H](COC(=O)CCCCCCCCCCCCCCCCCC)COP(=O)(O)OC[C@@H](O)COP(=O)(O)OC[C@@H](COC(=O)CCCCCCCCC)OC(=O)CCCCCCCCCCCC(C)C. The second-order valence-electron chi connectivity index (χ2n) is 28.6. The number of aliphatic hydroxyl groups excluding tert-OH is 1. The number of aliphatic hydroxyl groups is 1. The zero-order chi connectivity index (χ0) is 71.2. The molecule has 576 valence electrons. The minimum Gasteiger partial charge on any atom is -0.462 e. The van der Waals surface area contributed by atoms with Crippen LogP contribution in [0.5, 0.6) is 0 Å². The van der Waals surface area contributed by atoms with Gasteiger partial charge in [-0.15, -0.1) is 0 Å². The Labute approximate surface area is 594 Å². The molecule has 0 spiro atoms. The third-order valence-electron chi connectivity index (χ3n) is 18.3. The Morgan fingerprint density at radius 1 is 0.278 bits per heavy atom. The van der Waals surface area contributed by atoms with Gasteiger partial charge in [0.2, 0.25) is 0 Å². The predicted molar refractivity (Wildman–Crippen MR) is 395 cm³/mol. The molecule has 0 saturated carbocycles. The van der Waals surface area contributed by atoms with Crippen LogP contribution in [-0.4, -0.2) is 96.7 Å². The van der Waals surface area contributed by atoms with E-state index in [0.29, 0.717) is 25.7 Å². The van der Waals surface area contributed by atoms with Crippen LogP contribution in [0.2, 0.25) is 0 Å². The smallest absolute Gasteiger partial charge is 0.462 e. The molecule has 3 N–H and O–H groups in total. The van der Waals surface area contributed by atoms with E-state index in [1.54, 1.807) is 0 Å². The van der Waals surface area contributed by atoms with Crippen LogP contribution in [0.1, 0.15) is 413 Å². The van der Waals surface area contributed by atoms with Crippen LogP contribution in [0.15, 0.2) is 0 Å². The van der Waals surface area contributed by atoms with Crippen LogP contribution in [0.25, 0.3) is 0 Å². The van der Waals surface area contributed by atoms with Gasteiger partial charge in [-0.1, -0.05) is 362 Å². The molecule has 0 aromatic heterocycles. The molecule has 0 aromatic rings. The lowest BCUT2D eigenvalue weighted by molar-refractivity contribution is -0.161. The Morgan fingerprint density at radius 3 is 0.701 bits per heavy atom. The first-order chi connectivity index (χ1) is 47.0. The van der Waals surface area contributed by atoms with Crippen molar-refractivity contribution in [2.75, 3.05) is 39.6 Å². The minimum atomic E-state index is -4.96. The summed E-state index contributed by atoms with van der Waals surface area (Å²) in [6.07, 6.45) is 61.4. The number of rotatable bonds is 78. The van der Waals surface area contributed by atoms with E-state index in [1.165, 1.54) is 225 Å². The highest BCUT2D eigenvalue weighted by Crippen LogP contribution is 2.45. The molecule has 0 amide bonds. The van der Waals surface area contributed by atoms with Crippen LogP contribution in [0.4, 0.5) is 0 Å². The molecule has 5 atom stereocenters. The highest BCUT2D eigenvalue weighted by atomic mass is 31.2. The number of phosphoric ester groups is 2. The van der Waals surface area contributed by atoms with Crippen LogP contribution in [0, 0.1) is 5.92 Å². The van der Waals surface area contributed by atoms with Crippen LogP contribution >= 0.6 is 15.6 Å². The number of hydrogen-bond acceptors (Lipinski definition) is 15. The molecule has 0 aliphatic heterocycles. The summed E-state index contributed by atoms with van der Waals surface area (Å²) in [5, 5.41) is 10.6. The van der Waals surface area contributed by atoms with E-state index in [9.17, 15) is 43.2 Å². The van der Waals surface area contributed by atoms with E-state index >= 15 is 0 Å². The van der Waals surface area contributed by atoms with Crippen molar-refractivity contribution in [3.05, 3.63) is 0 Å².